The van der Waals surface area contributed by atoms with Gasteiger partial charge in [0.25, 0.3) is 17.7 Å². The molecule has 0 atom stereocenters. The Morgan fingerprint density at radius 3 is 2.38 bits per heavy atom. The topological polar surface area (TPSA) is 125 Å². The zero-order valence-electron chi connectivity index (χ0n) is 19.2. The Labute approximate surface area is 221 Å². The van der Waals surface area contributed by atoms with E-state index in [-0.39, 0.29) is 45.0 Å². The largest absolute Gasteiger partial charge is 0.508 e. The van der Waals surface area contributed by atoms with E-state index in [1.54, 1.807) is 12.1 Å². The minimum Gasteiger partial charge on any atom is -0.508 e. The standard InChI is InChI=1S/C26H19Cl2N3O6/c1-14-3-2-4-16(9-14)29-22(33)13-37-23-20(27)11-15(12-21(23)28)10-19-24(34)30-26(36)31(25(19)35)17-5-7-18(32)8-6-17/h2-12,32H,13H2,1H3,(H,29,33)(H,30,34,36)/b19-10-. The van der Waals surface area contributed by atoms with E-state index < -0.39 is 23.8 Å². The Balaban J connectivity index is 1.52. The molecule has 9 nitrogen and oxygen atoms in total. The van der Waals surface area contributed by atoms with Crippen molar-refractivity contribution in [1.82, 2.24) is 5.32 Å². The van der Waals surface area contributed by atoms with Crippen molar-refractivity contribution in [3.05, 3.63) is 87.4 Å². The van der Waals surface area contributed by atoms with Gasteiger partial charge in [-0.1, -0.05) is 35.3 Å². The number of aromatic hydroxyl groups is 1. The predicted octanol–water partition coefficient (Wildman–Crippen LogP) is 4.69. The Morgan fingerprint density at radius 1 is 1.05 bits per heavy atom. The first-order chi connectivity index (χ1) is 17.6. The van der Waals surface area contributed by atoms with E-state index in [2.05, 4.69) is 10.6 Å². The molecule has 3 aromatic carbocycles. The Morgan fingerprint density at radius 2 is 1.73 bits per heavy atom. The molecule has 1 heterocycles. The maximum atomic E-state index is 13.0. The van der Waals surface area contributed by atoms with Crippen molar-refractivity contribution in [2.75, 3.05) is 16.8 Å². The van der Waals surface area contributed by atoms with E-state index in [1.165, 1.54) is 42.5 Å². The molecule has 188 valence electrons. The van der Waals surface area contributed by atoms with Gasteiger partial charge < -0.3 is 15.2 Å². The molecular weight excluding hydrogens is 521 g/mol. The van der Waals surface area contributed by atoms with Crippen LogP contribution in [0.25, 0.3) is 6.08 Å². The summed E-state index contributed by atoms with van der Waals surface area (Å²) < 4.78 is 5.50. The number of hydrogen-bond donors (Lipinski definition) is 3. The van der Waals surface area contributed by atoms with Crippen LogP contribution in [0, 0.1) is 6.92 Å². The molecule has 0 aromatic heterocycles. The van der Waals surface area contributed by atoms with Gasteiger partial charge in [-0.3, -0.25) is 19.7 Å². The van der Waals surface area contributed by atoms with Gasteiger partial charge in [-0.2, -0.15) is 0 Å². The second-order valence-electron chi connectivity index (χ2n) is 7.99. The van der Waals surface area contributed by atoms with Crippen LogP contribution in [0.5, 0.6) is 11.5 Å². The SMILES string of the molecule is Cc1cccc(NC(=O)COc2c(Cl)cc(/C=C3/C(=O)NC(=O)N(c4ccc(O)cc4)C3=O)cc2Cl)c1. The van der Waals surface area contributed by atoms with Crippen LogP contribution >= 0.6 is 23.2 Å². The third-order valence-electron chi connectivity index (χ3n) is 5.19. The van der Waals surface area contributed by atoms with E-state index in [0.717, 1.165) is 10.5 Å². The van der Waals surface area contributed by atoms with Crippen LogP contribution in [-0.2, 0) is 14.4 Å². The summed E-state index contributed by atoms with van der Waals surface area (Å²) in [6.07, 6.45) is 1.23. The van der Waals surface area contributed by atoms with Crippen molar-refractivity contribution < 1.29 is 29.0 Å². The number of nitrogens with zero attached hydrogens (tertiary/aromatic N) is 1. The fraction of sp³-hybridized carbons (Fsp3) is 0.0769. The van der Waals surface area contributed by atoms with Gasteiger partial charge in [0.05, 0.1) is 15.7 Å². The average molecular weight is 540 g/mol. The van der Waals surface area contributed by atoms with Gasteiger partial charge in [-0.15, -0.1) is 0 Å². The number of urea groups is 1. The van der Waals surface area contributed by atoms with Crippen LogP contribution in [0.1, 0.15) is 11.1 Å². The highest BCUT2D eigenvalue weighted by Crippen LogP contribution is 2.35. The molecule has 1 saturated heterocycles. The monoisotopic (exact) mass is 539 g/mol. The number of phenolic OH excluding ortho intramolecular Hbond substituents is 1. The lowest BCUT2D eigenvalue weighted by molar-refractivity contribution is -0.122. The summed E-state index contributed by atoms with van der Waals surface area (Å²) in [4.78, 5) is 50.7. The van der Waals surface area contributed by atoms with Crippen molar-refractivity contribution >= 4 is 64.4 Å². The molecule has 3 aromatic rings. The molecule has 3 N–H and O–H groups in total. The van der Waals surface area contributed by atoms with E-state index in [1.807, 2.05) is 19.1 Å². The Hall–Kier alpha value is -4.34. The summed E-state index contributed by atoms with van der Waals surface area (Å²) in [5, 5.41) is 14.4. The Bertz CT molecular complexity index is 1430. The number of aryl methyl sites for hydroxylation is 1. The first-order valence-electron chi connectivity index (χ1n) is 10.8. The molecule has 0 aliphatic carbocycles. The average Bonchev–Trinajstić information content (AvgIpc) is 2.82. The summed E-state index contributed by atoms with van der Waals surface area (Å²) in [5.41, 5.74) is 1.69. The molecule has 4 rings (SSSR count). The highest BCUT2D eigenvalue weighted by molar-refractivity contribution is 6.40. The zero-order chi connectivity index (χ0) is 26.7. The number of barbiturate groups is 1. The molecule has 0 saturated carbocycles. The maximum Gasteiger partial charge on any atom is 0.335 e. The minimum absolute atomic E-state index is 0.0397. The van der Waals surface area contributed by atoms with E-state index in [9.17, 15) is 24.3 Å². The smallest absolute Gasteiger partial charge is 0.335 e. The van der Waals surface area contributed by atoms with Crippen molar-refractivity contribution in [3.63, 3.8) is 0 Å². The number of benzene rings is 3. The molecule has 1 aliphatic rings. The van der Waals surface area contributed by atoms with Crippen LogP contribution in [0.2, 0.25) is 10.0 Å². The summed E-state index contributed by atoms with van der Waals surface area (Å²) in [6, 6.07) is 14.4. The molecule has 0 radical (unpaired) electrons. The Kier molecular flexibility index (Phi) is 7.47. The number of carbonyl (C=O) groups excluding carboxylic acids is 4. The summed E-state index contributed by atoms with van der Waals surface area (Å²) in [7, 11) is 0. The molecule has 11 heteroatoms. The summed E-state index contributed by atoms with van der Waals surface area (Å²) in [6.45, 7) is 1.54. The zero-order valence-corrected chi connectivity index (χ0v) is 20.8. The van der Waals surface area contributed by atoms with Crippen LogP contribution in [-0.4, -0.2) is 35.5 Å². The second-order valence-corrected chi connectivity index (χ2v) is 8.81. The summed E-state index contributed by atoms with van der Waals surface area (Å²) in [5.74, 6) is -2.21. The first kappa shape index (κ1) is 25.7. The molecule has 5 amide bonds. The van der Waals surface area contributed by atoms with Gasteiger partial charge in [0.15, 0.2) is 12.4 Å². The van der Waals surface area contributed by atoms with E-state index in [0.29, 0.717) is 5.69 Å². The molecule has 37 heavy (non-hydrogen) atoms. The lowest BCUT2D eigenvalue weighted by Crippen LogP contribution is -2.54. The van der Waals surface area contributed by atoms with Gasteiger partial charge in [0.1, 0.15) is 11.3 Å². The summed E-state index contributed by atoms with van der Waals surface area (Å²) >= 11 is 12.6. The van der Waals surface area contributed by atoms with Crippen LogP contribution in [0.3, 0.4) is 0 Å². The number of imide groups is 2. The number of nitrogens with one attached hydrogen (secondary N) is 2. The van der Waals surface area contributed by atoms with Gasteiger partial charge in [0.2, 0.25) is 0 Å². The van der Waals surface area contributed by atoms with Gasteiger partial charge >= 0.3 is 6.03 Å². The quantitative estimate of drug-likeness (QED) is 0.308. The highest BCUT2D eigenvalue weighted by atomic mass is 35.5. The lowest BCUT2D eigenvalue weighted by Gasteiger charge is -2.26. The van der Waals surface area contributed by atoms with Crippen molar-refractivity contribution in [1.29, 1.82) is 0 Å². The van der Waals surface area contributed by atoms with Crippen molar-refractivity contribution in [2.45, 2.75) is 6.92 Å². The number of halogens is 2. The molecule has 0 spiro atoms. The number of phenols is 1. The van der Waals surface area contributed by atoms with E-state index in [4.69, 9.17) is 27.9 Å². The third kappa shape index (κ3) is 5.91. The first-order valence-corrected chi connectivity index (χ1v) is 11.6. The van der Waals surface area contributed by atoms with Gasteiger partial charge in [-0.05, 0) is 72.7 Å². The predicted molar refractivity (Wildman–Crippen MR) is 139 cm³/mol. The van der Waals surface area contributed by atoms with Gasteiger partial charge in [0, 0.05) is 5.69 Å². The number of anilines is 2. The number of ether oxygens (including phenoxy) is 1. The third-order valence-corrected chi connectivity index (χ3v) is 5.75. The molecular formula is C26H19Cl2N3O6. The van der Waals surface area contributed by atoms with Crippen molar-refractivity contribution in [2.24, 2.45) is 0 Å². The fourth-order valence-electron chi connectivity index (χ4n) is 3.52. The van der Waals surface area contributed by atoms with Gasteiger partial charge in [-0.25, -0.2) is 9.69 Å². The van der Waals surface area contributed by atoms with Crippen LogP contribution < -0.4 is 20.3 Å². The fourth-order valence-corrected chi connectivity index (χ4v) is 4.13. The van der Waals surface area contributed by atoms with E-state index >= 15 is 0 Å². The maximum absolute atomic E-state index is 13.0. The minimum atomic E-state index is -0.929. The molecule has 0 bridgehead atoms. The van der Waals surface area contributed by atoms with Crippen LogP contribution in [0.4, 0.5) is 16.2 Å². The normalized spacial score (nSPS) is 14.5. The second kappa shape index (κ2) is 10.7. The number of hydrogen-bond acceptors (Lipinski definition) is 6. The number of amides is 5. The molecule has 1 fully saturated rings. The number of rotatable bonds is 6. The molecule has 1 aliphatic heterocycles. The number of carbonyl (C=O) groups is 4. The lowest BCUT2D eigenvalue weighted by atomic mass is 10.1. The van der Waals surface area contributed by atoms with Crippen LogP contribution in [0.15, 0.2) is 66.2 Å². The van der Waals surface area contributed by atoms with Crippen molar-refractivity contribution in [3.8, 4) is 11.5 Å². The molecule has 0 unspecified atom stereocenters. The highest BCUT2D eigenvalue weighted by Gasteiger charge is 2.36.